The van der Waals surface area contributed by atoms with Gasteiger partial charge in [0.05, 0.1) is 6.00 Å². The van der Waals surface area contributed by atoms with E-state index in [1.807, 2.05) is 0 Å². The van der Waals surface area contributed by atoms with E-state index in [9.17, 15) is 0 Å². The van der Waals surface area contributed by atoms with Crippen LogP contribution in [0.3, 0.4) is 0 Å². The summed E-state index contributed by atoms with van der Waals surface area (Å²) in [6.07, 6.45) is 0. The maximum absolute atomic E-state index is 5.60. The SMILES string of the molecule is Cc1cc(C(C)(C)C)ccc1CNCCl. The van der Waals surface area contributed by atoms with Crippen molar-refractivity contribution in [3.63, 3.8) is 0 Å². The molecule has 1 nitrogen and oxygen atoms in total. The van der Waals surface area contributed by atoms with E-state index < -0.39 is 0 Å². The zero-order chi connectivity index (χ0) is 11.5. The summed E-state index contributed by atoms with van der Waals surface area (Å²) in [5, 5.41) is 3.13. The fourth-order valence-electron chi connectivity index (χ4n) is 1.54. The van der Waals surface area contributed by atoms with Crippen LogP contribution in [-0.4, -0.2) is 6.00 Å². The molecule has 0 aliphatic carbocycles. The zero-order valence-electron chi connectivity index (χ0n) is 10.0. The maximum atomic E-state index is 5.60. The number of alkyl halides is 1. The fraction of sp³-hybridized carbons (Fsp3) is 0.538. The summed E-state index contributed by atoms with van der Waals surface area (Å²) >= 11 is 5.60. The summed E-state index contributed by atoms with van der Waals surface area (Å²) in [6, 6.07) is 7.17. The van der Waals surface area contributed by atoms with Crippen LogP contribution >= 0.6 is 11.6 Å². The molecule has 0 unspecified atom stereocenters. The van der Waals surface area contributed by atoms with Crippen LogP contribution in [0.4, 0.5) is 0 Å². The Morgan fingerprint density at radius 2 is 1.93 bits per heavy atom. The van der Waals surface area contributed by atoms with Crippen molar-refractivity contribution in [2.45, 2.75) is 39.7 Å². The standard InChI is InChI=1S/C13H20ClN/c1-10-7-12(13(2,3)4)6-5-11(10)8-15-9-14/h5-7,15H,8-9H2,1-4H3. The van der Waals surface area contributed by atoms with E-state index >= 15 is 0 Å². The molecule has 15 heavy (non-hydrogen) atoms. The first-order valence-electron chi connectivity index (χ1n) is 5.32. The van der Waals surface area contributed by atoms with Crippen molar-refractivity contribution in [2.75, 3.05) is 6.00 Å². The topological polar surface area (TPSA) is 12.0 Å². The molecule has 0 amide bonds. The van der Waals surface area contributed by atoms with E-state index in [0.717, 1.165) is 6.54 Å². The molecule has 0 aliphatic rings. The lowest BCUT2D eigenvalue weighted by molar-refractivity contribution is 0.589. The number of nitrogens with one attached hydrogen (secondary N) is 1. The summed E-state index contributed by atoms with van der Waals surface area (Å²) in [5.41, 5.74) is 4.27. The number of hydrogen-bond donors (Lipinski definition) is 1. The number of benzene rings is 1. The molecule has 1 rings (SSSR count). The Bertz CT molecular complexity index is 326. The molecule has 1 aromatic rings. The van der Waals surface area contributed by atoms with Crippen LogP contribution in [-0.2, 0) is 12.0 Å². The third kappa shape index (κ3) is 3.51. The van der Waals surface area contributed by atoms with Crippen molar-refractivity contribution >= 4 is 11.6 Å². The normalized spacial score (nSPS) is 11.8. The monoisotopic (exact) mass is 225 g/mol. The Hall–Kier alpha value is -0.530. The molecule has 1 N–H and O–H groups in total. The first-order chi connectivity index (χ1) is 6.95. The van der Waals surface area contributed by atoms with Crippen LogP contribution in [0.1, 0.15) is 37.5 Å². The van der Waals surface area contributed by atoms with Crippen molar-refractivity contribution in [1.82, 2.24) is 5.32 Å². The van der Waals surface area contributed by atoms with Gasteiger partial charge in [-0.2, -0.15) is 0 Å². The van der Waals surface area contributed by atoms with Gasteiger partial charge < -0.3 is 0 Å². The second-order valence-electron chi connectivity index (χ2n) is 4.95. The highest BCUT2D eigenvalue weighted by molar-refractivity contribution is 6.17. The number of hydrogen-bond acceptors (Lipinski definition) is 1. The predicted molar refractivity (Wildman–Crippen MR) is 67.4 cm³/mol. The lowest BCUT2D eigenvalue weighted by Crippen LogP contribution is -2.14. The predicted octanol–water partition coefficient (Wildman–Crippen LogP) is 3.58. The molecule has 0 spiro atoms. The molecule has 0 bridgehead atoms. The van der Waals surface area contributed by atoms with Gasteiger partial charge in [-0.3, -0.25) is 5.32 Å². The van der Waals surface area contributed by atoms with Gasteiger partial charge in [0, 0.05) is 6.54 Å². The van der Waals surface area contributed by atoms with E-state index in [1.54, 1.807) is 0 Å². The Kier molecular flexibility index (Phi) is 4.18. The number of rotatable bonds is 3. The average molecular weight is 226 g/mol. The van der Waals surface area contributed by atoms with Crippen molar-refractivity contribution in [3.8, 4) is 0 Å². The maximum Gasteiger partial charge on any atom is 0.0716 e. The van der Waals surface area contributed by atoms with Gasteiger partial charge in [-0.1, -0.05) is 39.0 Å². The van der Waals surface area contributed by atoms with E-state index in [0.29, 0.717) is 6.00 Å². The summed E-state index contributed by atoms with van der Waals surface area (Å²) in [5.74, 6) is 0. The lowest BCUT2D eigenvalue weighted by atomic mass is 9.85. The zero-order valence-corrected chi connectivity index (χ0v) is 10.8. The van der Waals surface area contributed by atoms with Gasteiger partial charge in [0.2, 0.25) is 0 Å². The molecule has 0 aliphatic heterocycles. The molecule has 84 valence electrons. The second-order valence-corrected chi connectivity index (χ2v) is 5.22. The van der Waals surface area contributed by atoms with Crippen LogP contribution in [0.5, 0.6) is 0 Å². The van der Waals surface area contributed by atoms with E-state index in [4.69, 9.17) is 11.6 Å². The minimum absolute atomic E-state index is 0.225. The summed E-state index contributed by atoms with van der Waals surface area (Å²) in [6.45, 7) is 9.70. The van der Waals surface area contributed by atoms with Crippen molar-refractivity contribution in [1.29, 1.82) is 0 Å². The Labute approximate surface area is 97.8 Å². The van der Waals surface area contributed by atoms with Crippen LogP contribution in [0.25, 0.3) is 0 Å². The Morgan fingerprint density at radius 1 is 1.27 bits per heavy atom. The molecule has 0 aromatic heterocycles. The molecule has 0 radical (unpaired) electrons. The molecule has 0 atom stereocenters. The molecule has 0 saturated carbocycles. The molecular formula is C13H20ClN. The highest BCUT2D eigenvalue weighted by atomic mass is 35.5. The molecule has 0 saturated heterocycles. The van der Waals surface area contributed by atoms with E-state index in [2.05, 4.69) is 51.2 Å². The van der Waals surface area contributed by atoms with E-state index in [1.165, 1.54) is 16.7 Å². The third-order valence-electron chi connectivity index (χ3n) is 2.62. The highest BCUT2D eigenvalue weighted by Crippen LogP contribution is 2.24. The smallest absolute Gasteiger partial charge is 0.0716 e. The molecule has 0 fully saturated rings. The van der Waals surface area contributed by atoms with Crippen LogP contribution < -0.4 is 5.32 Å². The van der Waals surface area contributed by atoms with Crippen LogP contribution in [0, 0.1) is 6.92 Å². The average Bonchev–Trinajstić information content (AvgIpc) is 2.14. The minimum Gasteiger partial charge on any atom is -0.300 e. The van der Waals surface area contributed by atoms with Gasteiger partial charge in [-0.15, -0.1) is 11.6 Å². The molecular weight excluding hydrogens is 206 g/mol. The Morgan fingerprint density at radius 3 is 2.40 bits per heavy atom. The lowest BCUT2D eigenvalue weighted by Gasteiger charge is -2.20. The molecule has 2 heteroatoms. The highest BCUT2D eigenvalue weighted by Gasteiger charge is 2.13. The second kappa shape index (κ2) is 5.00. The minimum atomic E-state index is 0.225. The quantitative estimate of drug-likeness (QED) is 0.613. The summed E-state index contributed by atoms with van der Waals surface area (Å²) in [7, 11) is 0. The first kappa shape index (κ1) is 12.5. The Balaban J connectivity index is 2.88. The van der Waals surface area contributed by atoms with Crippen LogP contribution in [0.15, 0.2) is 18.2 Å². The fourth-order valence-corrected chi connectivity index (χ4v) is 1.64. The van der Waals surface area contributed by atoms with E-state index in [-0.39, 0.29) is 5.41 Å². The largest absolute Gasteiger partial charge is 0.300 e. The van der Waals surface area contributed by atoms with Crippen molar-refractivity contribution in [3.05, 3.63) is 34.9 Å². The third-order valence-corrected chi connectivity index (χ3v) is 2.81. The molecule has 1 aromatic carbocycles. The summed E-state index contributed by atoms with van der Waals surface area (Å²) < 4.78 is 0. The van der Waals surface area contributed by atoms with Crippen molar-refractivity contribution < 1.29 is 0 Å². The van der Waals surface area contributed by atoms with Gasteiger partial charge >= 0.3 is 0 Å². The summed E-state index contributed by atoms with van der Waals surface area (Å²) in [4.78, 5) is 0. The van der Waals surface area contributed by atoms with Gasteiger partial charge in [0.1, 0.15) is 0 Å². The van der Waals surface area contributed by atoms with Crippen molar-refractivity contribution in [2.24, 2.45) is 0 Å². The van der Waals surface area contributed by atoms with Gasteiger partial charge in [-0.05, 0) is 29.0 Å². The number of halogens is 1. The van der Waals surface area contributed by atoms with Gasteiger partial charge in [0.15, 0.2) is 0 Å². The van der Waals surface area contributed by atoms with Gasteiger partial charge in [-0.25, -0.2) is 0 Å². The number of aryl methyl sites for hydroxylation is 1. The molecule has 0 heterocycles. The van der Waals surface area contributed by atoms with Gasteiger partial charge in [0.25, 0.3) is 0 Å². The first-order valence-corrected chi connectivity index (χ1v) is 5.85. The van der Waals surface area contributed by atoms with Crippen LogP contribution in [0.2, 0.25) is 0 Å².